The van der Waals surface area contributed by atoms with Gasteiger partial charge in [-0.3, -0.25) is 0 Å². The van der Waals surface area contributed by atoms with E-state index in [0.717, 1.165) is 30.8 Å². The van der Waals surface area contributed by atoms with E-state index in [0.29, 0.717) is 0 Å². The zero-order chi connectivity index (χ0) is 19.5. The molecule has 0 aliphatic carbocycles. The van der Waals surface area contributed by atoms with Crippen molar-refractivity contribution in [2.45, 2.75) is 70.6 Å². The first-order valence-electron chi connectivity index (χ1n) is 9.86. The van der Waals surface area contributed by atoms with Crippen LogP contribution in [0.25, 0.3) is 0 Å². The van der Waals surface area contributed by atoms with Crippen LogP contribution in [0.4, 0.5) is 0 Å². The second-order valence-corrected chi connectivity index (χ2v) is 10.6. The summed E-state index contributed by atoms with van der Waals surface area (Å²) in [5, 5.41) is 0.755. The van der Waals surface area contributed by atoms with Crippen LogP contribution in [0.2, 0.25) is 5.36 Å². The van der Waals surface area contributed by atoms with Crippen molar-refractivity contribution in [2.24, 2.45) is 0 Å². The first-order chi connectivity index (χ1) is 13.1. The Morgan fingerprint density at radius 3 is 2.00 bits per heavy atom. The van der Waals surface area contributed by atoms with Crippen LogP contribution in [0, 0.1) is 6.92 Å². The zero-order valence-corrected chi connectivity index (χ0v) is 18.5. The molecule has 0 radical (unpaired) electrons. The van der Waals surface area contributed by atoms with E-state index >= 15 is 0 Å². The van der Waals surface area contributed by atoms with Crippen LogP contribution >= 0.6 is 0 Å². The van der Waals surface area contributed by atoms with Gasteiger partial charge in [-0.25, -0.2) is 0 Å². The number of hydrogen-bond acceptors (Lipinski definition) is 2. The molecule has 0 saturated heterocycles. The summed E-state index contributed by atoms with van der Waals surface area (Å²) in [4.78, 5) is 0. The van der Waals surface area contributed by atoms with Crippen molar-refractivity contribution in [1.29, 1.82) is 0 Å². The van der Waals surface area contributed by atoms with E-state index in [1.165, 1.54) is 44.9 Å². The van der Waals surface area contributed by atoms with Crippen LogP contribution in [0.1, 0.15) is 63.9 Å². The third-order valence-corrected chi connectivity index (χ3v) is 8.30. The van der Waals surface area contributed by atoms with Gasteiger partial charge in [0.25, 0.3) is 0 Å². The fourth-order valence-electron chi connectivity index (χ4n) is 2.90. The summed E-state index contributed by atoms with van der Waals surface area (Å²) >= 11 is -2.89. The van der Waals surface area contributed by atoms with Gasteiger partial charge in [0.1, 0.15) is 0 Å². The van der Waals surface area contributed by atoms with E-state index < -0.39 is 27.2 Å². The van der Waals surface area contributed by atoms with Crippen molar-refractivity contribution < 1.29 is 34.9 Å². The fourth-order valence-corrected chi connectivity index (χ4v) is 6.00. The number of benzene rings is 2. The predicted molar refractivity (Wildman–Crippen MR) is 105 cm³/mol. The standard InChI is InChI=1S/C10H21.C7H6.C6H5.2Co.2O/c1-3-5-7-9-10-8-6-4-2;1-7-5-3-2-4-6-7;1-2-4-6-5-3-1;;;;/h1,3-10H2,2H3;2-3,6H,1H3;1-5H;;;;. The van der Waals surface area contributed by atoms with Crippen LogP contribution in [0.5, 0.6) is 0 Å². The summed E-state index contributed by atoms with van der Waals surface area (Å²) < 4.78 is 27.9. The van der Waals surface area contributed by atoms with Crippen molar-refractivity contribution in [1.82, 2.24) is 0 Å². The first kappa shape index (κ1) is 22.3. The summed E-state index contributed by atoms with van der Waals surface area (Å²) in [6.45, 7) is 4.21. The normalized spacial score (nSPS) is 12.1. The first-order valence-corrected chi connectivity index (χ1v) is 13.0. The molecule has 0 amide bonds. The molecule has 0 spiro atoms. The van der Waals surface area contributed by atoms with Crippen molar-refractivity contribution in [3.05, 3.63) is 54.1 Å². The van der Waals surface area contributed by atoms with Gasteiger partial charge in [-0.05, 0) is 0 Å². The second kappa shape index (κ2) is 12.5. The Kier molecular flexibility index (Phi) is 10.3. The van der Waals surface area contributed by atoms with E-state index in [9.17, 15) is 7.73 Å². The summed E-state index contributed by atoms with van der Waals surface area (Å²) in [6.07, 6.45) is 10.1. The van der Waals surface area contributed by atoms with Crippen LogP contribution < -0.4 is 13.5 Å². The van der Waals surface area contributed by atoms with Crippen molar-refractivity contribution >= 4 is 13.5 Å². The molecule has 4 heteroatoms. The monoisotopic (exact) mass is 458 g/mol. The number of rotatable bonds is 12. The van der Waals surface area contributed by atoms with Crippen molar-refractivity contribution in [2.75, 3.05) is 0 Å². The Balaban J connectivity index is 1.82. The van der Waals surface area contributed by atoms with Crippen LogP contribution in [-0.2, 0) is 34.9 Å². The minimum atomic E-state index is -1.57. The Morgan fingerprint density at radius 1 is 0.741 bits per heavy atom. The second-order valence-electron chi connectivity index (χ2n) is 6.76. The summed E-state index contributed by atoms with van der Waals surface area (Å²) in [6, 6.07) is 15.3. The van der Waals surface area contributed by atoms with E-state index in [-0.39, 0.29) is 0 Å². The molecule has 0 aromatic heterocycles. The molecule has 0 heterocycles. The molecule has 0 bridgehead atoms. The minimum absolute atomic E-state index is 0.755. The topological polar surface area (TPSA) is 34.1 Å². The van der Waals surface area contributed by atoms with Crippen LogP contribution in [0.3, 0.4) is 0 Å². The van der Waals surface area contributed by atoms with Crippen molar-refractivity contribution in [3.8, 4) is 0 Å². The van der Waals surface area contributed by atoms with Crippen molar-refractivity contribution in [3.63, 3.8) is 0 Å². The van der Waals surface area contributed by atoms with Gasteiger partial charge in [-0.15, -0.1) is 0 Å². The molecule has 0 aliphatic rings. The average Bonchev–Trinajstić information content (AvgIpc) is 2.70. The molecule has 0 N–H and O–H groups in total. The Bertz CT molecular complexity index is 741. The van der Waals surface area contributed by atoms with Crippen LogP contribution in [0.15, 0.2) is 48.5 Å². The molecule has 2 nitrogen and oxygen atoms in total. The van der Waals surface area contributed by atoms with Crippen LogP contribution in [-0.4, -0.2) is 0 Å². The van der Waals surface area contributed by atoms with Gasteiger partial charge in [0.2, 0.25) is 0 Å². The predicted octanol–water partition coefficient (Wildman–Crippen LogP) is 5.06. The molecule has 0 fully saturated rings. The Hall–Kier alpha value is -0.947. The summed E-state index contributed by atoms with van der Waals surface area (Å²) in [7, 11) is 0. The number of hydrogen-bond donors (Lipinski definition) is 0. The van der Waals surface area contributed by atoms with E-state index in [4.69, 9.17) is 0 Å². The van der Waals surface area contributed by atoms with Gasteiger partial charge in [-0.1, -0.05) is 0 Å². The quantitative estimate of drug-likeness (QED) is 0.417. The molecule has 2 rings (SSSR count). The summed E-state index contributed by atoms with van der Waals surface area (Å²) in [5.41, 5.74) is 0.968. The SMILES string of the molecule is CCCCCCCCC[CH2][Co](=[O])[c]1cc[c]([Co](=[O])[c]2ccccc2)c(C)c1. The fraction of sp³-hybridized carbons (Fsp3) is 0.478. The van der Waals surface area contributed by atoms with Gasteiger partial charge in [-0.2, -0.15) is 0 Å². The maximum absolute atomic E-state index is 12.8. The maximum atomic E-state index is 12.8. The Morgan fingerprint density at radius 2 is 1.37 bits per heavy atom. The van der Waals surface area contributed by atoms with E-state index in [1.807, 2.05) is 55.5 Å². The third kappa shape index (κ3) is 7.53. The molecule has 0 unspecified atom stereocenters. The van der Waals surface area contributed by atoms with E-state index in [2.05, 4.69) is 6.92 Å². The third-order valence-electron chi connectivity index (χ3n) is 4.47. The molecule has 0 aliphatic heterocycles. The number of aryl methyl sites for hydroxylation is 1. The zero-order valence-electron chi connectivity index (χ0n) is 16.5. The van der Waals surface area contributed by atoms with Gasteiger partial charge in [0, 0.05) is 0 Å². The molecular formula is C23H32Co2O2. The molecule has 27 heavy (non-hydrogen) atoms. The van der Waals surface area contributed by atoms with E-state index in [1.54, 1.807) is 0 Å². The Labute approximate surface area is 172 Å². The molecular weight excluding hydrogens is 426 g/mol. The molecule has 154 valence electrons. The number of unbranched alkanes of at least 4 members (excludes halogenated alkanes) is 7. The van der Waals surface area contributed by atoms with Gasteiger partial charge in [0.15, 0.2) is 0 Å². The molecule has 2 aromatic carbocycles. The molecule has 0 saturated carbocycles. The summed E-state index contributed by atoms with van der Waals surface area (Å²) in [5.74, 6) is 0. The van der Waals surface area contributed by atoms with Gasteiger partial charge < -0.3 is 0 Å². The molecule has 2 aromatic rings. The molecule has 0 atom stereocenters. The van der Waals surface area contributed by atoms with Gasteiger partial charge in [0.05, 0.1) is 0 Å². The van der Waals surface area contributed by atoms with Gasteiger partial charge >= 0.3 is 173 Å². The average molecular weight is 458 g/mol.